The van der Waals surface area contributed by atoms with E-state index in [0.29, 0.717) is 28.6 Å². The number of Topliss-reactive ketones (excluding diaryl/α,β-unsaturated/α-hetero) is 1. The lowest BCUT2D eigenvalue weighted by Crippen LogP contribution is -2.22. The van der Waals surface area contributed by atoms with Gasteiger partial charge < -0.3 is 14.6 Å². The van der Waals surface area contributed by atoms with Crippen LogP contribution in [-0.2, 0) is 11.3 Å². The first-order chi connectivity index (χ1) is 14.5. The number of hydrogen-bond acceptors (Lipinski definition) is 3. The molecular formula is C24H19ClN2O3. The van der Waals surface area contributed by atoms with Gasteiger partial charge in [0.05, 0.1) is 12.7 Å². The molecule has 0 aliphatic carbocycles. The Morgan fingerprint density at radius 3 is 2.37 bits per heavy atom. The predicted molar refractivity (Wildman–Crippen MR) is 118 cm³/mol. The molecule has 1 N–H and O–H groups in total. The Morgan fingerprint density at radius 2 is 1.67 bits per heavy atom. The SMILES string of the molecule is COc1ccc(NC(=O)C(=O)c2cn(Cc3ccc(Cl)cc3)c3ccccc23)cc1. The monoisotopic (exact) mass is 418 g/mol. The number of halogens is 1. The van der Waals surface area contributed by atoms with Gasteiger partial charge in [-0.1, -0.05) is 41.9 Å². The maximum Gasteiger partial charge on any atom is 0.296 e. The topological polar surface area (TPSA) is 60.3 Å². The fourth-order valence-electron chi connectivity index (χ4n) is 3.33. The first kappa shape index (κ1) is 19.7. The summed E-state index contributed by atoms with van der Waals surface area (Å²) in [6, 6.07) is 21.9. The maximum absolute atomic E-state index is 12.9. The van der Waals surface area contributed by atoms with E-state index in [4.69, 9.17) is 16.3 Å². The number of benzene rings is 3. The molecule has 0 bridgehead atoms. The van der Waals surface area contributed by atoms with Crippen molar-refractivity contribution in [2.75, 3.05) is 12.4 Å². The van der Waals surface area contributed by atoms with Gasteiger partial charge in [-0.25, -0.2) is 0 Å². The number of aromatic nitrogens is 1. The van der Waals surface area contributed by atoms with Crippen molar-refractivity contribution in [1.29, 1.82) is 0 Å². The van der Waals surface area contributed by atoms with E-state index in [1.54, 1.807) is 37.6 Å². The number of ketones is 1. The van der Waals surface area contributed by atoms with Crippen molar-refractivity contribution < 1.29 is 14.3 Å². The predicted octanol–water partition coefficient (Wildman–Crippen LogP) is 5.17. The molecule has 0 unspecified atom stereocenters. The lowest BCUT2D eigenvalue weighted by atomic mass is 10.1. The second kappa shape index (κ2) is 8.43. The Labute approximate surface area is 178 Å². The Balaban J connectivity index is 1.61. The molecule has 5 nitrogen and oxygen atoms in total. The van der Waals surface area contributed by atoms with Crippen LogP contribution >= 0.6 is 11.6 Å². The molecular weight excluding hydrogens is 400 g/mol. The average molecular weight is 419 g/mol. The number of fused-ring (bicyclic) bond motifs is 1. The number of anilines is 1. The van der Waals surface area contributed by atoms with Gasteiger partial charge in [0.1, 0.15) is 5.75 Å². The molecule has 0 atom stereocenters. The summed E-state index contributed by atoms with van der Waals surface area (Å²) in [5.74, 6) is -0.601. The second-order valence-corrected chi connectivity index (χ2v) is 7.26. The number of methoxy groups -OCH3 is 1. The molecule has 0 saturated carbocycles. The molecule has 1 amide bonds. The minimum absolute atomic E-state index is 0.366. The highest BCUT2D eigenvalue weighted by Crippen LogP contribution is 2.24. The molecule has 0 spiro atoms. The van der Waals surface area contributed by atoms with Gasteiger partial charge in [0.2, 0.25) is 0 Å². The summed E-state index contributed by atoms with van der Waals surface area (Å²) in [6.07, 6.45) is 1.73. The molecule has 0 aliphatic rings. The summed E-state index contributed by atoms with van der Waals surface area (Å²) in [5, 5.41) is 4.06. The van der Waals surface area contributed by atoms with Crippen molar-refractivity contribution in [3.63, 3.8) is 0 Å². The van der Waals surface area contributed by atoms with E-state index < -0.39 is 11.7 Å². The Hall–Kier alpha value is -3.57. The molecule has 6 heteroatoms. The summed E-state index contributed by atoms with van der Waals surface area (Å²) < 4.78 is 7.07. The number of nitrogens with zero attached hydrogens (tertiary/aromatic N) is 1. The molecule has 0 radical (unpaired) electrons. The van der Waals surface area contributed by atoms with Crippen molar-refractivity contribution >= 4 is 39.9 Å². The lowest BCUT2D eigenvalue weighted by molar-refractivity contribution is -0.112. The number of para-hydroxylation sites is 1. The summed E-state index contributed by atoms with van der Waals surface area (Å²) in [4.78, 5) is 25.5. The molecule has 4 aromatic rings. The van der Waals surface area contributed by atoms with Gasteiger partial charge in [-0.05, 0) is 48.0 Å². The zero-order valence-electron chi connectivity index (χ0n) is 16.3. The molecule has 1 aromatic heterocycles. The highest BCUT2D eigenvalue weighted by atomic mass is 35.5. The third kappa shape index (κ3) is 4.07. The molecule has 0 fully saturated rings. The van der Waals surface area contributed by atoms with E-state index in [1.807, 2.05) is 53.1 Å². The maximum atomic E-state index is 12.9. The molecule has 3 aromatic carbocycles. The van der Waals surface area contributed by atoms with E-state index in [1.165, 1.54) is 0 Å². The number of hydrogen-bond donors (Lipinski definition) is 1. The molecule has 1 heterocycles. The van der Waals surface area contributed by atoms with Gasteiger partial charge in [-0.2, -0.15) is 0 Å². The van der Waals surface area contributed by atoms with Crippen LogP contribution in [0.25, 0.3) is 10.9 Å². The lowest BCUT2D eigenvalue weighted by Gasteiger charge is -2.06. The molecule has 4 rings (SSSR count). The van der Waals surface area contributed by atoms with Crippen LogP contribution in [0.1, 0.15) is 15.9 Å². The van der Waals surface area contributed by atoms with Crippen molar-refractivity contribution in [1.82, 2.24) is 4.57 Å². The smallest absolute Gasteiger partial charge is 0.296 e. The third-order valence-corrected chi connectivity index (χ3v) is 5.11. The highest BCUT2D eigenvalue weighted by molar-refractivity contribution is 6.48. The number of nitrogens with one attached hydrogen (secondary N) is 1. The average Bonchev–Trinajstić information content (AvgIpc) is 3.14. The van der Waals surface area contributed by atoms with Gasteiger partial charge in [0, 0.05) is 34.4 Å². The number of ether oxygens (including phenoxy) is 1. The zero-order chi connectivity index (χ0) is 21.1. The molecule has 150 valence electrons. The minimum atomic E-state index is -0.686. The molecule has 0 saturated heterocycles. The second-order valence-electron chi connectivity index (χ2n) is 6.83. The summed E-state index contributed by atoms with van der Waals surface area (Å²) in [6.45, 7) is 0.561. The van der Waals surface area contributed by atoms with E-state index in [9.17, 15) is 9.59 Å². The van der Waals surface area contributed by atoms with Crippen LogP contribution in [0.3, 0.4) is 0 Å². The van der Waals surface area contributed by atoms with E-state index in [2.05, 4.69) is 5.32 Å². The first-order valence-corrected chi connectivity index (χ1v) is 9.75. The van der Waals surface area contributed by atoms with Crippen LogP contribution in [0.4, 0.5) is 5.69 Å². The largest absolute Gasteiger partial charge is 0.497 e. The summed E-state index contributed by atoms with van der Waals surface area (Å²) in [5.41, 5.74) is 2.82. The first-order valence-electron chi connectivity index (χ1n) is 9.37. The summed E-state index contributed by atoms with van der Waals surface area (Å²) in [7, 11) is 1.57. The van der Waals surface area contributed by atoms with Crippen molar-refractivity contribution in [2.45, 2.75) is 6.54 Å². The Kier molecular flexibility index (Phi) is 5.55. The summed E-state index contributed by atoms with van der Waals surface area (Å²) >= 11 is 5.97. The van der Waals surface area contributed by atoms with Crippen LogP contribution in [0.15, 0.2) is 79.0 Å². The van der Waals surface area contributed by atoms with Crippen molar-refractivity contribution in [3.8, 4) is 5.75 Å². The number of carbonyl (C=O) groups is 2. The Morgan fingerprint density at radius 1 is 0.967 bits per heavy atom. The van der Waals surface area contributed by atoms with Crippen LogP contribution in [0, 0.1) is 0 Å². The van der Waals surface area contributed by atoms with Gasteiger partial charge in [0.25, 0.3) is 11.7 Å². The number of rotatable bonds is 6. The zero-order valence-corrected chi connectivity index (χ0v) is 17.0. The van der Waals surface area contributed by atoms with Crippen molar-refractivity contribution in [3.05, 3.63) is 95.1 Å². The van der Waals surface area contributed by atoms with E-state index in [0.717, 1.165) is 16.5 Å². The quantitative estimate of drug-likeness (QED) is 0.347. The van der Waals surface area contributed by atoms with Crippen LogP contribution in [0.2, 0.25) is 5.02 Å². The molecule has 30 heavy (non-hydrogen) atoms. The van der Waals surface area contributed by atoms with Crippen molar-refractivity contribution in [2.24, 2.45) is 0 Å². The van der Waals surface area contributed by atoms with Gasteiger partial charge in [-0.3, -0.25) is 9.59 Å². The van der Waals surface area contributed by atoms with Crippen LogP contribution in [-0.4, -0.2) is 23.4 Å². The molecule has 0 aliphatic heterocycles. The van der Waals surface area contributed by atoms with E-state index in [-0.39, 0.29) is 0 Å². The standard InChI is InChI=1S/C24H19ClN2O3/c1-30-19-12-10-18(11-13-19)26-24(29)23(28)21-15-27(22-5-3-2-4-20(21)22)14-16-6-8-17(25)9-7-16/h2-13,15H,14H2,1H3,(H,26,29). The van der Waals surface area contributed by atoms with Gasteiger partial charge >= 0.3 is 0 Å². The third-order valence-electron chi connectivity index (χ3n) is 4.85. The fourth-order valence-corrected chi connectivity index (χ4v) is 3.46. The van der Waals surface area contributed by atoms with Crippen LogP contribution < -0.4 is 10.1 Å². The van der Waals surface area contributed by atoms with E-state index >= 15 is 0 Å². The van der Waals surface area contributed by atoms with Gasteiger partial charge in [0.15, 0.2) is 0 Å². The number of carbonyl (C=O) groups excluding carboxylic acids is 2. The Bertz CT molecular complexity index is 1210. The fraction of sp³-hybridized carbons (Fsp3) is 0.0833. The minimum Gasteiger partial charge on any atom is -0.497 e. The normalized spacial score (nSPS) is 10.7. The number of amides is 1. The highest BCUT2D eigenvalue weighted by Gasteiger charge is 2.21. The van der Waals surface area contributed by atoms with Gasteiger partial charge in [-0.15, -0.1) is 0 Å². The van der Waals surface area contributed by atoms with Crippen LogP contribution in [0.5, 0.6) is 5.75 Å².